The van der Waals surface area contributed by atoms with Gasteiger partial charge in [-0.1, -0.05) is 19.1 Å². The second-order valence-electron chi connectivity index (χ2n) is 8.69. The number of hydrogen-bond donors (Lipinski definition) is 3. The topological polar surface area (TPSA) is 36.1 Å². The van der Waals surface area contributed by atoms with Crippen LogP contribution in [0, 0.1) is 5.41 Å². The van der Waals surface area contributed by atoms with Crippen molar-refractivity contribution in [3.63, 3.8) is 0 Å². The van der Waals surface area contributed by atoms with Crippen molar-refractivity contribution in [3.8, 4) is 0 Å². The molecule has 3 nitrogen and oxygen atoms in total. The van der Waals surface area contributed by atoms with Gasteiger partial charge in [0.15, 0.2) is 0 Å². The lowest BCUT2D eigenvalue weighted by atomic mass is 9.82. The first-order valence-corrected chi connectivity index (χ1v) is 10.5. The van der Waals surface area contributed by atoms with Gasteiger partial charge in [-0.05, 0) is 44.6 Å². The van der Waals surface area contributed by atoms with Crippen LogP contribution in [-0.2, 0) is 0 Å². The standard InChI is InChI=1S/C21H33F4N3/c1-21(18-10-2-3-11-26-18,12-27-19-14(22)6-4-7-15(19)23)13-28-20-16(24)8-5-9-17(20)25/h2-3,10,14-17,19-20,26-28H,4-9,11-13H2,1H3. The first kappa shape index (κ1) is 21.6. The molecule has 7 heteroatoms. The first-order chi connectivity index (χ1) is 13.4. The minimum absolute atomic E-state index is 0.318. The Morgan fingerprint density at radius 3 is 1.75 bits per heavy atom. The summed E-state index contributed by atoms with van der Waals surface area (Å²) in [5.74, 6) is 0. The van der Waals surface area contributed by atoms with E-state index in [1.165, 1.54) is 0 Å². The van der Waals surface area contributed by atoms with E-state index in [0.717, 1.165) is 5.70 Å². The number of rotatable bonds is 7. The molecule has 3 aliphatic rings. The van der Waals surface area contributed by atoms with Crippen LogP contribution in [0.4, 0.5) is 17.6 Å². The molecule has 3 N–H and O–H groups in total. The van der Waals surface area contributed by atoms with E-state index in [2.05, 4.69) is 16.0 Å². The van der Waals surface area contributed by atoms with Crippen molar-refractivity contribution in [2.24, 2.45) is 5.41 Å². The van der Waals surface area contributed by atoms with Gasteiger partial charge in [-0.2, -0.15) is 0 Å². The van der Waals surface area contributed by atoms with Crippen LogP contribution in [0.1, 0.15) is 45.4 Å². The summed E-state index contributed by atoms with van der Waals surface area (Å²) in [5, 5.41) is 9.47. The quantitative estimate of drug-likeness (QED) is 0.568. The lowest BCUT2D eigenvalue weighted by Crippen LogP contribution is -2.56. The number of dihydropyridines is 1. The minimum atomic E-state index is -1.21. The van der Waals surface area contributed by atoms with Gasteiger partial charge in [0, 0.05) is 30.7 Å². The zero-order chi connectivity index (χ0) is 20.1. The summed E-state index contributed by atoms with van der Waals surface area (Å²) in [7, 11) is 0. The van der Waals surface area contributed by atoms with Crippen molar-refractivity contribution in [2.75, 3.05) is 19.6 Å². The van der Waals surface area contributed by atoms with Crippen LogP contribution < -0.4 is 16.0 Å². The highest BCUT2D eigenvalue weighted by Crippen LogP contribution is 2.30. The van der Waals surface area contributed by atoms with Crippen molar-refractivity contribution in [2.45, 2.75) is 82.2 Å². The van der Waals surface area contributed by atoms with Crippen molar-refractivity contribution in [3.05, 3.63) is 23.9 Å². The highest BCUT2D eigenvalue weighted by molar-refractivity contribution is 5.24. The SMILES string of the molecule is CC(CNC1C(F)CCCC1F)(CNC1C(F)CCCC1F)C1=CC=CCN1. The molecule has 0 spiro atoms. The van der Waals surface area contributed by atoms with Gasteiger partial charge in [0.25, 0.3) is 0 Å². The molecular weight excluding hydrogens is 370 g/mol. The van der Waals surface area contributed by atoms with Gasteiger partial charge in [-0.15, -0.1) is 0 Å². The number of halogens is 4. The molecule has 1 aliphatic heterocycles. The number of allylic oxidation sites excluding steroid dienone is 2. The molecule has 160 valence electrons. The summed E-state index contributed by atoms with van der Waals surface area (Å²) < 4.78 is 56.9. The second kappa shape index (κ2) is 9.61. The predicted octanol–water partition coefficient (Wildman–Crippen LogP) is 3.67. The maximum Gasteiger partial charge on any atom is 0.118 e. The molecule has 0 aromatic heterocycles. The Hall–Kier alpha value is -1.08. The van der Waals surface area contributed by atoms with E-state index in [-0.39, 0.29) is 0 Å². The first-order valence-electron chi connectivity index (χ1n) is 10.5. The third-order valence-electron chi connectivity index (χ3n) is 6.39. The summed E-state index contributed by atoms with van der Waals surface area (Å²) in [6, 6.07) is -1.66. The molecule has 0 aromatic rings. The fraction of sp³-hybridized carbons (Fsp3) is 0.810. The van der Waals surface area contributed by atoms with Gasteiger partial charge in [0.2, 0.25) is 0 Å². The number of hydrogen-bond acceptors (Lipinski definition) is 3. The van der Waals surface area contributed by atoms with Gasteiger partial charge >= 0.3 is 0 Å². The lowest BCUT2D eigenvalue weighted by molar-refractivity contribution is 0.0852. The van der Waals surface area contributed by atoms with Gasteiger partial charge in [-0.25, -0.2) is 17.6 Å². The molecule has 1 heterocycles. The summed E-state index contributed by atoms with van der Waals surface area (Å²) >= 11 is 0. The molecule has 28 heavy (non-hydrogen) atoms. The number of alkyl halides is 4. The summed E-state index contributed by atoms with van der Waals surface area (Å²) in [6.07, 6.45) is 3.58. The summed E-state index contributed by atoms with van der Waals surface area (Å²) in [5.41, 5.74) is 0.330. The Bertz CT molecular complexity index is 518. The van der Waals surface area contributed by atoms with E-state index < -0.39 is 42.2 Å². The van der Waals surface area contributed by atoms with Gasteiger partial charge in [0.05, 0.1) is 12.1 Å². The maximum atomic E-state index is 14.2. The Morgan fingerprint density at radius 2 is 1.36 bits per heavy atom. The van der Waals surface area contributed by atoms with E-state index in [9.17, 15) is 17.6 Å². The molecular formula is C21H33F4N3. The Morgan fingerprint density at radius 1 is 0.893 bits per heavy atom. The van der Waals surface area contributed by atoms with Crippen LogP contribution in [0.15, 0.2) is 23.9 Å². The highest BCUT2D eigenvalue weighted by atomic mass is 19.2. The van der Waals surface area contributed by atoms with Crippen LogP contribution in [-0.4, -0.2) is 56.4 Å². The van der Waals surface area contributed by atoms with Crippen molar-refractivity contribution in [1.29, 1.82) is 0 Å². The molecule has 0 radical (unpaired) electrons. The molecule has 4 unspecified atom stereocenters. The highest BCUT2D eigenvalue weighted by Gasteiger charge is 2.39. The smallest absolute Gasteiger partial charge is 0.118 e. The monoisotopic (exact) mass is 403 g/mol. The predicted molar refractivity (Wildman–Crippen MR) is 104 cm³/mol. The third-order valence-corrected chi connectivity index (χ3v) is 6.39. The Labute approximate surface area is 165 Å². The minimum Gasteiger partial charge on any atom is -0.384 e. The average Bonchev–Trinajstić information content (AvgIpc) is 2.68. The maximum absolute atomic E-state index is 14.2. The van der Waals surface area contributed by atoms with E-state index in [0.29, 0.717) is 58.2 Å². The molecule has 2 aliphatic carbocycles. The van der Waals surface area contributed by atoms with Crippen LogP contribution in [0.2, 0.25) is 0 Å². The number of nitrogens with one attached hydrogen (secondary N) is 3. The second-order valence-corrected chi connectivity index (χ2v) is 8.69. The molecule has 0 amide bonds. The summed E-state index contributed by atoms with van der Waals surface area (Å²) in [6.45, 7) is 3.25. The lowest BCUT2D eigenvalue weighted by Gasteiger charge is -2.40. The van der Waals surface area contributed by atoms with Crippen molar-refractivity contribution in [1.82, 2.24) is 16.0 Å². The van der Waals surface area contributed by atoms with Crippen LogP contribution in [0.3, 0.4) is 0 Å². The molecule has 3 rings (SSSR count). The molecule has 0 bridgehead atoms. The zero-order valence-electron chi connectivity index (χ0n) is 16.6. The molecule has 0 aromatic carbocycles. The van der Waals surface area contributed by atoms with E-state index in [1.54, 1.807) is 0 Å². The van der Waals surface area contributed by atoms with E-state index >= 15 is 0 Å². The molecule has 0 saturated heterocycles. The van der Waals surface area contributed by atoms with Gasteiger partial charge < -0.3 is 16.0 Å². The Kier molecular flexibility index (Phi) is 7.42. The molecule has 2 saturated carbocycles. The van der Waals surface area contributed by atoms with E-state index in [4.69, 9.17) is 0 Å². The third kappa shape index (κ3) is 5.09. The van der Waals surface area contributed by atoms with E-state index in [1.807, 2.05) is 25.2 Å². The summed E-state index contributed by atoms with van der Waals surface area (Å²) in [4.78, 5) is 0. The largest absolute Gasteiger partial charge is 0.384 e. The van der Waals surface area contributed by atoms with Crippen molar-refractivity contribution >= 4 is 0 Å². The average molecular weight is 404 g/mol. The normalized spacial score (nSPS) is 38.4. The van der Waals surface area contributed by atoms with Gasteiger partial charge in [0.1, 0.15) is 24.7 Å². The molecule has 4 atom stereocenters. The van der Waals surface area contributed by atoms with Crippen molar-refractivity contribution < 1.29 is 17.6 Å². The van der Waals surface area contributed by atoms with Crippen LogP contribution in [0.25, 0.3) is 0 Å². The van der Waals surface area contributed by atoms with Gasteiger partial charge in [-0.3, -0.25) is 0 Å². The Balaban J connectivity index is 1.68. The molecule has 2 fully saturated rings. The van der Waals surface area contributed by atoms with Crippen LogP contribution in [0.5, 0.6) is 0 Å². The zero-order valence-corrected chi connectivity index (χ0v) is 16.6. The fourth-order valence-electron chi connectivity index (χ4n) is 4.51. The fourth-order valence-corrected chi connectivity index (χ4v) is 4.51. The van der Waals surface area contributed by atoms with Crippen LogP contribution >= 0.6 is 0 Å².